The first-order valence-electron chi connectivity index (χ1n) is 13.8. The van der Waals surface area contributed by atoms with Crippen molar-refractivity contribution in [3.8, 4) is 11.4 Å². The summed E-state index contributed by atoms with van der Waals surface area (Å²) in [6.45, 7) is 8.50. The summed E-state index contributed by atoms with van der Waals surface area (Å²) in [4.78, 5) is 32.6. The molecule has 1 fully saturated rings. The molecule has 0 saturated carbocycles. The Morgan fingerprint density at radius 3 is 2.32 bits per heavy atom. The number of carbonyl (C=O) groups excluding carboxylic acids is 2. The molecule has 1 aliphatic heterocycles. The van der Waals surface area contributed by atoms with Gasteiger partial charge in [-0.05, 0) is 79.4 Å². The zero-order valence-electron chi connectivity index (χ0n) is 23.5. The van der Waals surface area contributed by atoms with Gasteiger partial charge in [-0.15, -0.1) is 0 Å². The summed E-state index contributed by atoms with van der Waals surface area (Å²) in [6.07, 6.45) is 1.47. The quantitative estimate of drug-likeness (QED) is 0.234. The number of likely N-dealkylation sites (tertiary alicyclic amines) is 1. The summed E-state index contributed by atoms with van der Waals surface area (Å²) < 4.78 is 6.43. The summed E-state index contributed by atoms with van der Waals surface area (Å²) in [6, 6.07) is 22.7. The van der Waals surface area contributed by atoms with Crippen molar-refractivity contribution in [3.63, 3.8) is 0 Å². The van der Waals surface area contributed by atoms with Crippen LogP contribution in [0.3, 0.4) is 0 Å². The highest BCUT2D eigenvalue weighted by molar-refractivity contribution is 9.10. The Morgan fingerprint density at radius 1 is 0.951 bits per heavy atom. The zero-order valence-corrected chi connectivity index (χ0v) is 25.1. The lowest BCUT2D eigenvalue weighted by Gasteiger charge is -2.30. The van der Waals surface area contributed by atoms with Crippen LogP contribution in [-0.4, -0.2) is 39.9 Å². The molecule has 2 amide bonds. The van der Waals surface area contributed by atoms with E-state index in [0.29, 0.717) is 35.2 Å². The van der Waals surface area contributed by atoms with Crippen molar-refractivity contribution in [2.45, 2.75) is 45.6 Å². The third-order valence-electron chi connectivity index (χ3n) is 7.27. The van der Waals surface area contributed by atoms with Crippen LogP contribution in [0.1, 0.15) is 55.4 Å². The molecule has 41 heavy (non-hydrogen) atoms. The van der Waals surface area contributed by atoms with E-state index in [1.165, 1.54) is 5.56 Å². The smallest absolute Gasteiger partial charge is 0.255 e. The second-order valence-electron chi connectivity index (χ2n) is 11.4. The molecule has 1 saturated heterocycles. The van der Waals surface area contributed by atoms with E-state index in [0.717, 1.165) is 36.0 Å². The number of piperidine rings is 1. The van der Waals surface area contributed by atoms with Gasteiger partial charge in [0.25, 0.3) is 5.91 Å². The number of benzene rings is 3. The molecule has 0 aliphatic carbocycles. The van der Waals surface area contributed by atoms with Crippen LogP contribution < -0.4 is 10.6 Å². The van der Waals surface area contributed by atoms with Crippen molar-refractivity contribution in [3.05, 3.63) is 94.3 Å². The predicted octanol–water partition coefficient (Wildman–Crippen LogP) is 6.90. The first-order valence-corrected chi connectivity index (χ1v) is 14.6. The number of amides is 2. The third-order valence-corrected chi connectivity index (χ3v) is 7.76. The largest absolute Gasteiger partial charge is 0.338 e. The Labute approximate surface area is 248 Å². The van der Waals surface area contributed by atoms with Crippen LogP contribution in [0.25, 0.3) is 11.4 Å². The van der Waals surface area contributed by atoms with Crippen LogP contribution >= 0.6 is 15.9 Å². The second kappa shape index (κ2) is 12.4. The van der Waals surface area contributed by atoms with Crippen molar-refractivity contribution in [2.75, 3.05) is 23.7 Å². The number of nitrogens with zero attached hydrogens (tertiary/aromatic N) is 3. The van der Waals surface area contributed by atoms with Gasteiger partial charge < -0.3 is 15.2 Å². The van der Waals surface area contributed by atoms with E-state index in [1.54, 1.807) is 6.07 Å². The Balaban J connectivity index is 1.11. The fourth-order valence-electron chi connectivity index (χ4n) is 4.85. The van der Waals surface area contributed by atoms with Gasteiger partial charge in [0.05, 0.1) is 6.54 Å². The van der Waals surface area contributed by atoms with Crippen LogP contribution in [0, 0.1) is 5.92 Å². The molecular formula is C32H34BrN5O3. The Hall–Kier alpha value is -3.82. The number of anilines is 2. The molecule has 0 bridgehead atoms. The fourth-order valence-corrected chi connectivity index (χ4v) is 5.25. The highest BCUT2D eigenvalue weighted by atomic mass is 79.9. The number of nitrogens with one attached hydrogen (secondary N) is 2. The molecule has 2 heterocycles. The molecule has 3 aromatic carbocycles. The van der Waals surface area contributed by atoms with Crippen LogP contribution in [0.4, 0.5) is 11.4 Å². The first-order chi connectivity index (χ1) is 19.6. The Bertz CT molecular complexity index is 1520. The minimum absolute atomic E-state index is 0.0133. The number of rotatable bonds is 7. The van der Waals surface area contributed by atoms with Crippen molar-refractivity contribution in [2.24, 2.45) is 5.92 Å². The molecule has 0 unspecified atom stereocenters. The highest BCUT2D eigenvalue weighted by Gasteiger charge is 2.26. The minimum atomic E-state index is -0.189. The van der Waals surface area contributed by atoms with E-state index in [2.05, 4.69) is 62.4 Å². The van der Waals surface area contributed by atoms with Crippen molar-refractivity contribution < 1.29 is 14.1 Å². The van der Waals surface area contributed by atoms with E-state index < -0.39 is 0 Å². The number of halogens is 1. The topological polar surface area (TPSA) is 100 Å². The lowest BCUT2D eigenvalue weighted by atomic mass is 9.87. The highest BCUT2D eigenvalue weighted by Crippen LogP contribution is 2.25. The van der Waals surface area contributed by atoms with Crippen molar-refractivity contribution in [1.82, 2.24) is 15.0 Å². The molecule has 9 heteroatoms. The lowest BCUT2D eigenvalue weighted by Crippen LogP contribution is -2.37. The number of carbonyl (C=O) groups is 2. The van der Waals surface area contributed by atoms with Gasteiger partial charge in [-0.25, -0.2) is 0 Å². The van der Waals surface area contributed by atoms with Gasteiger partial charge in [-0.1, -0.05) is 72.2 Å². The Morgan fingerprint density at radius 2 is 1.63 bits per heavy atom. The van der Waals surface area contributed by atoms with Crippen molar-refractivity contribution in [1.29, 1.82) is 0 Å². The molecule has 0 radical (unpaired) electrons. The summed E-state index contributed by atoms with van der Waals surface area (Å²) >= 11 is 3.47. The minimum Gasteiger partial charge on any atom is -0.338 e. The summed E-state index contributed by atoms with van der Waals surface area (Å²) in [7, 11) is 0. The maximum absolute atomic E-state index is 13.0. The summed E-state index contributed by atoms with van der Waals surface area (Å²) in [5.74, 6) is 0.831. The molecule has 1 aliphatic rings. The van der Waals surface area contributed by atoms with E-state index in [1.807, 2.05) is 66.7 Å². The molecule has 2 N–H and O–H groups in total. The number of hydrogen-bond donors (Lipinski definition) is 2. The van der Waals surface area contributed by atoms with Crippen LogP contribution in [0.2, 0.25) is 0 Å². The molecule has 0 atom stereocenters. The summed E-state index contributed by atoms with van der Waals surface area (Å²) in [5.41, 5.74) is 3.96. The van der Waals surface area contributed by atoms with E-state index in [9.17, 15) is 9.59 Å². The predicted molar refractivity (Wildman–Crippen MR) is 164 cm³/mol. The summed E-state index contributed by atoms with van der Waals surface area (Å²) in [5, 5.41) is 10.1. The fraction of sp³-hybridized carbons (Fsp3) is 0.312. The lowest BCUT2D eigenvalue weighted by molar-refractivity contribution is -0.121. The van der Waals surface area contributed by atoms with Gasteiger partial charge in [-0.2, -0.15) is 4.98 Å². The maximum atomic E-state index is 13.0. The standard InChI is InChI=1S/C32H34BrN5O3/c1-32(2,3)24-12-10-21(11-13-24)30(39)34-26-8-5-9-27(19-26)35-31(40)22-14-16-38(17-15-22)20-28-36-29(37-41-28)23-6-4-7-25(33)18-23/h4-13,18-19,22H,14-17,20H2,1-3H3,(H,34,39)(H,35,40). The van der Waals surface area contributed by atoms with Crippen LogP contribution in [-0.2, 0) is 16.8 Å². The van der Waals surface area contributed by atoms with Gasteiger partial charge in [-0.3, -0.25) is 14.5 Å². The SMILES string of the molecule is CC(C)(C)c1ccc(C(=O)Nc2cccc(NC(=O)C3CCN(Cc4nc(-c5cccc(Br)c5)no4)CC3)c2)cc1. The average Bonchev–Trinajstić information content (AvgIpc) is 3.42. The first kappa shape index (κ1) is 28.7. The Kier molecular flexibility index (Phi) is 8.65. The van der Waals surface area contributed by atoms with Gasteiger partial charge in [0.2, 0.25) is 17.6 Å². The van der Waals surface area contributed by atoms with Crippen LogP contribution in [0.15, 0.2) is 81.8 Å². The third kappa shape index (κ3) is 7.48. The maximum Gasteiger partial charge on any atom is 0.255 e. The van der Waals surface area contributed by atoms with Gasteiger partial charge in [0.15, 0.2) is 0 Å². The molecule has 5 rings (SSSR count). The van der Waals surface area contributed by atoms with E-state index in [4.69, 9.17) is 4.52 Å². The van der Waals surface area contributed by atoms with Gasteiger partial charge in [0, 0.05) is 32.9 Å². The number of hydrogen-bond acceptors (Lipinski definition) is 6. The average molecular weight is 617 g/mol. The number of aromatic nitrogens is 2. The van der Waals surface area contributed by atoms with Gasteiger partial charge in [0.1, 0.15) is 0 Å². The second-order valence-corrected chi connectivity index (χ2v) is 12.3. The molecule has 0 spiro atoms. The molecule has 4 aromatic rings. The molecular weight excluding hydrogens is 582 g/mol. The van der Waals surface area contributed by atoms with E-state index >= 15 is 0 Å². The van der Waals surface area contributed by atoms with Crippen molar-refractivity contribution >= 4 is 39.1 Å². The van der Waals surface area contributed by atoms with Gasteiger partial charge >= 0.3 is 0 Å². The monoisotopic (exact) mass is 615 g/mol. The van der Waals surface area contributed by atoms with E-state index in [-0.39, 0.29) is 23.1 Å². The zero-order chi connectivity index (χ0) is 29.0. The molecule has 212 valence electrons. The molecule has 8 nitrogen and oxygen atoms in total. The van der Waals surface area contributed by atoms with Crippen LogP contribution in [0.5, 0.6) is 0 Å². The molecule has 1 aromatic heterocycles. The normalized spacial score (nSPS) is 14.5.